The van der Waals surface area contributed by atoms with Gasteiger partial charge in [-0.25, -0.2) is 9.79 Å². The van der Waals surface area contributed by atoms with Gasteiger partial charge in [0.1, 0.15) is 0 Å². The predicted octanol–water partition coefficient (Wildman–Crippen LogP) is 5.42. The van der Waals surface area contributed by atoms with E-state index in [1.54, 1.807) is 5.48 Å². The van der Waals surface area contributed by atoms with E-state index in [9.17, 15) is 9.59 Å². The van der Waals surface area contributed by atoms with Crippen LogP contribution in [0.2, 0.25) is 0 Å². The Morgan fingerprint density at radius 3 is 2.25 bits per heavy atom. The summed E-state index contributed by atoms with van der Waals surface area (Å²) >= 11 is 1.81. The molecule has 2 amide bonds. The smallest absolute Gasteiger partial charge is 0.244 e. The summed E-state index contributed by atoms with van der Waals surface area (Å²) in [6.45, 7) is 8.88. The summed E-state index contributed by atoms with van der Waals surface area (Å²) in [6.07, 6.45) is 4.03. The zero-order chi connectivity index (χ0) is 26.7. The van der Waals surface area contributed by atoms with E-state index in [1.165, 1.54) is 27.8 Å². The van der Waals surface area contributed by atoms with Crippen LogP contribution in [0, 0.1) is 11.8 Å². The summed E-state index contributed by atoms with van der Waals surface area (Å²) in [7, 11) is 6.30. The standard InChI is InChI=1S/C15H20N2S.C13H24N2O3/c1-5-17(4)18-15-11-7-8-12-13(15)9-6-10-14(12)16(2)3;1-10(2)8-11(9-12(16)14-18)13(17)15-6-4-3-5-7-15/h6-11H,5H2,1-4H3;10-11,18H,3-9H2,1-2H3,(H,14,16)/t;11-/m.1/s1. The van der Waals surface area contributed by atoms with Crippen LogP contribution in [0.5, 0.6) is 0 Å². The summed E-state index contributed by atoms with van der Waals surface area (Å²) in [5.41, 5.74) is 2.89. The number of carbonyl (C=O) groups is 2. The van der Waals surface area contributed by atoms with Crippen molar-refractivity contribution >= 4 is 40.2 Å². The number of hydroxylamine groups is 1. The van der Waals surface area contributed by atoms with Gasteiger partial charge < -0.3 is 9.80 Å². The van der Waals surface area contributed by atoms with Crippen molar-refractivity contribution in [3.8, 4) is 0 Å². The molecule has 1 fully saturated rings. The minimum Gasteiger partial charge on any atom is -0.377 e. The van der Waals surface area contributed by atoms with Crippen LogP contribution in [-0.2, 0) is 9.59 Å². The van der Waals surface area contributed by atoms with Crippen molar-refractivity contribution in [2.24, 2.45) is 11.8 Å². The lowest BCUT2D eigenvalue weighted by molar-refractivity contribution is -0.141. The monoisotopic (exact) mass is 516 g/mol. The van der Waals surface area contributed by atoms with Crippen LogP contribution < -0.4 is 10.4 Å². The van der Waals surface area contributed by atoms with Gasteiger partial charge in [-0.1, -0.05) is 45.0 Å². The Morgan fingerprint density at radius 2 is 1.67 bits per heavy atom. The fourth-order valence-corrected chi connectivity index (χ4v) is 5.33. The molecule has 200 valence electrons. The van der Waals surface area contributed by atoms with Crippen LogP contribution in [0.4, 0.5) is 5.69 Å². The molecule has 0 saturated carbocycles. The van der Waals surface area contributed by atoms with Gasteiger partial charge in [-0.2, -0.15) is 0 Å². The topological polar surface area (TPSA) is 76.1 Å². The molecule has 0 bridgehead atoms. The second-order valence-electron chi connectivity index (χ2n) is 10.0. The molecule has 2 N–H and O–H groups in total. The van der Waals surface area contributed by atoms with Crippen LogP contribution in [0.1, 0.15) is 52.9 Å². The van der Waals surface area contributed by atoms with E-state index >= 15 is 0 Å². The Morgan fingerprint density at radius 1 is 1.03 bits per heavy atom. The van der Waals surface area contributed by atoms with Crippen molar-refractivity contribution in [3.05, 3.63) is 36.4 Å². The molecule has 1 atom stereocenters. The van der Waals surface area contributed by atoms with Gasteiger partial charge in [0.05, 0.1) is 0 Å². The van der Waals surface area contributed by atoms with Gasteiger partial charge in [-0.3, -0.25) is 14.8 Å². The van der Waals surface area contributed by atoms with Gasteiger partial charge >= 0.3 is 0 Å². The lowest BCUT2D eigenvalue weighted by Gasteiger charge is -2.30. The van der Waals surface area contributed by atoms with E-state index in [0.29, 0.717) is 12.3 Å². The Bertz CT molecular complexity index is 976. The van der Waals surface area contributed by atoms with Crippen LogP contribution in [0.15, 0.2) is 41.3 Å². The minimum atomic E-state index is -0.481. The zero-order valence-electron chi connectivity index (χ0n) is 22.8. The molecule has 1 heterocycles. The molecular formula is C28H44N4O3S. The minimum absolute atomic E-state index is 0.0620. The molecule has 2 aromatic carbocycles. The first-order valence-corrected chi connectivity index (χ1v) is 13.7. The molecule has 1 aliphatic heterocycles. The lowest BCUT2D eigenvalue weighted by atomic mass is 9.92. The maximum atomic E-state index is 12.3. The van der Waals surface area contributed by atoms with E-state index in [4.69, 9.17) is 5.21 Å². The highest BCUT2D eigenvalue weighted by molar-refractivity contribution is 7.97. The summed E-state index contributed by atoms with van der Waals surface area (Å²) < 4.78 is 2.25. The zero-order valence-corrected chi connectivity index (χ0v) is 23.6. The number of fused-ring (bicyclic) bond motifs is 1. The second kappa shape index (κ2) is 15.1. The Kier molecular flexibility index (Phi) is 12.5. The molecule has 7 nitrogen and oxygen atoms in total. The van der Waals surface area contributed by atoms with Crippen molar-refractivity contribution in [1.82, 2.24) is 14.7 Å². The first kappa shape index (κ1) is 29.9. The molecule has 3 rings (SSSR count). The number of nitrogens with one attached hydrogen (secondary N) is 1. The fraction of sp³-hybridized carbons (Fsp3) is 0.571. The van der Waals surface area contributed by atoms with Gasteiger partial charge in [-0.15, -0.1) is 0 Å². The maximum absolute atomic E-state index is 12.3. The largest absolute Gasteiger partial charge is 0.377 e. The number of nitrogens with zero attached hydrogens (tertiary/aromatic N) is 3. The van der Waals surface area contributed by atoms with E-state index < -0.39 is 5.91 Å². The second-order valence-corrected chi connectivity index (χ2v) is 11.3. The number of hydrogen-bond acceptors (Lipinski definition) is 6. The number of piperidine rings is 1. The molecule has 0 aliphatic carbocycles. The Balaban J connectivity index is 0.000000254. The van der Waals surface area contributed by atoms with Crippen molar-refractivity contribution in [2.45, 2.75) is 57.8 Å². The lowest BCUT2D eigenvalue weighted by Crippen LogP contribution is -2.41. The normalized spacial score (nSPS) is 14.4. The number of benzene rings is 2. The van der Waals surface area contributed by atoms with Gasteiger partial charge in [0, 0.05) is 62.0 Å². The first-order chi connectivity index (χ1) is 17.2. The molecule has 0 radical (unpaired) electrons. The van der Waals surface area contributed by atoms with Crippen molar-refractivity contribution < 1.29 is 14.8 Å². The van der Waals surface area contributed by atoms with Gasteiger partial charge in [0.25, 0.3) is 0 Å². The average Bonchev–Trinajstić information content (AvgIpc) is 2.88. The van der Waals surface area contributed by atoms with Crippen molar-refractivity contribution in [3.63, 3.8) is 0 Å². The molecule has 1 aliphatic rings. The Labute approximate surface area is 221 Å². The number of likely N-dealkylation sites (tertiary alicyclic amines) is 1. The highest BCUT2D eigenvalue weighted by Crippen LogP contribution is 2.33. The third-order valence-electron chi connectivity index (χ3n) is 6.37. The first-order valence-electron chi connectivity index (χ1n) is 13.0. The summed E-state index contributed by atoms with van der Waals surface area (Å²) in [6, 6.07) is 13.0. The number of amides is 2. The van der Waals surface area contributed by atoms with E-state index in [-0.39, 0.29) is 18.2 Å². The molecule has 0 unspecified atom stereocenters. The third kappa shape index (κ3) is 8.98. The molecule has 2 aromatic rings. The summed E-state index contributed by atoms with van der Waals surface area (Å²) in [5, 5.41) is 11.2. The highest BCUT2D eigenvalue weighted by Gasteiger charge is 2.28. The highest BCUT2D eigenvalue weighted by atomic mass is 32.2. The van der Waals surface area contributed by atoms with Crippen molar-refractivity contribution in [2.75, 3.05) is 45.7 Å². The fourth-order valence-electron chi connectivity index (χ4n) is 4.45. The number of hydrogen-bond donors (Lipinski definition) is 2. The quantitative estimate of drug-likeness (QED) is 0.263. The van der Waals surface area contributed by atoms with E-state index in [2.05, 4.69) is 73.7 Å². The van der Waals surface area contributed by atoms with Crippen LogP contribution in [0.25, 0.3) is 10.8 Å². The SMILES string of the molecule is CC(C)C[C@H](CC(=O)NO)C(=O)N1CCCCC1.CCN(C)Sc1cccc2c(N(C)C)cccc12. The van der Waals surface area contributed by atoms with E-state index in [1.807, 2.05) is 30.7 Å². The summed E-state index contributed by atoms with van der Waals surface area (Å²) in [5.74, 6) is -0.372. The molecule has 8 heteroatoms. The van der Waals surface area contributed by atoms with Crippen LogP contribution in [0.3, 0.4) is 0 Å². The average molecular weight is 517 g/mol. The molecule has 36 heavy (non-hydrogen) atoms. The van der Waals surface area contributed by atoms with Gasteiger partial charge in [0.2, 0.25) is 11.8 Å². The van der Waals surface area contributed by atoms with E-state index in [0.717, 1.165) is 32.5 Å². The number of anilines is 1. The third-order valence-corrected chi connectivity index (χ3v) is 7.49. The van der Waals surface area contributed by atoms with Crippen molar-refractivity contribution in [1.29, 1.82) is 0 Å². The Hall–Kier alpha value is -2.29. The molecule has 1 saturated heterocycles. The van der Waals surface area contributed by atoms with Crippen LogP contribution >= 0.6 is 11.9 Å². The summed E-state index contributed by atoms with van der Waals surface area (Å²) in [4.78, 5) is 29.0. The molecular weight excluding hydrogens is 472 g/mol. The predicted molar refractivity (Wildman–Crippen MR) is 150 cm³/mol. The molecule has 0 spiro atoms. The molecule has 0 aromatic heterocycles. The maximum Gasteiger partial charge on any atom is 0.244 e. The van der Waals surface area contributed by atoms with Gasteiger partial charge in [0.15, 0.2) is 0 Å². The van der Waals surface area contributed by atoms with Crippen LogP contribution in [-0.4, -0.2) is 67.0 Å². The number of carbonyl (C=O) groups excluding carboxylic acids is 2. The number of rotatable bonds is 9. The van der Waals surface area contributed by atoms with Gasteiger partial charge in [-0.05, 0) is 68.1 Å².